The summed E-state index contributed by atoms with van der Waals surface area (Å²) in [4.78, 5) is 35.2. The van der Waals surface area contributed by atoms with Crippen LogP contribution in [0.3, 0.4) is 0 Å². The zero-order chi connectivity index (χ0) is 28.3. The van der Waals surface area contributed by atoms with Crippen LogP contribution in [0.25, 0.3) is 11.0 Å². The number of carbonyl (C=O) groups excluding carboxylic acids is 2. The number of hydrogen-bond acceptors (Lipinski definition) is 9. The monoisotopic (exact) mass is 540 g/mol. The van der Waals surface area contributed by atoms with Crippen LogP contribution in [0, 0.1) is 11.3 Å². The lowest BCUT2D eigenvalue weighted by molar-refractivity contribution is 0.0293. The highest BCUT2D eigenvalue weighted by atomic mass is 16.6. The van der Waals surface area contributed by atoms with Crippen LogP contribution in [0.15, 0.2) is 54.9 Å². The highest BCUT2D eigenvalue weighted by molar-refractivity contribution is 6.03. The summed E-state index contributed by atoms with van der Waals surface area (Å²) in [5.74, 6) is 1.53. The summed E-state index contributed by atoms with van der Waals surface area (Å²) in [5.41, 5.74) is 0.796. The molecule has 5 rings (SSSR count). The van der Waals surface area contributed by atoms with Crippen molar-refractivity contribution in [3.05, 3.63) is 66.0 Å². The summed E-state index contributed by atoms with van der Waals surface area (Å²) in [6.45, 7) is 6.60. The molecule has 3 N–H and O–H groups in total. The van der Waals surface area contributed by atoms with Crippen LogP contribution < -0.4 is 15.4 Å². The SMILES string of the molecule is CC(C)(C)OC(=O)N1CC[C@@H](Nc2n[nH]c3nccc(Oc4ccc(C(=O)Nc5cc(C#N)ccn5)cc4)c23)C1. The predicted octanol–water partition coefficient (Wildman–Crippen LogP) is 4.69. The maximum atomic E-state index is 12.6. The molecule has 0 aliphatic carbocycles. The van der Waals surface area contributed by atoms with E-state index < -0.39 is 5.60 Å². The van der Waals surface area contributed by atoms with Crippen LogP contribution >= 0.6 is 0 Å². The Morgan fingerprint density at radius 2 is 1.90 bits per heavy atom. The Kier molecular flexibility index (Phi) is 7.20. The Bertz CT molecular complexity index is 1590. The van der Waals surface area contributed by atoms with E-state index in [2.05, 4.69) is 30.8 Å². The lowest BCUT2D eigenvalue weighted by atomic mass is 10.2. The van der Waals surface area contributed by atoms with Crippen molar-refractivity contribution in [2.45, 2.75) is 38.8 Å². The van der Waals surface area contributed by atoms with E-state index in [0.29, 0.717) is 58.4 Å². The number of nitriles is 1. The molecular formula is C28H28N8O4. The van der Waals surface area contributed by atoms with Gasteiger partial charge in [-0.05, 0) is 63.6 Å². The van der Waals surface area contributed by atoms with Crippen molar-refractivity contribution in [3.63, 3.8) is 0 Å². The highest BCUT2D eigenvalue weighted by Gasteiger charge is 2.30. The van der Waals surface area contributed by atoms with Crippen LogP contribution in [0.1, 0.15) is 43.1 Å². The van der Waals surface area contributed by atoms with Crippen molar-refractivity contribution in [2.75, 3.05) is 23.7 Å². The first-order valence-electron chi connectivity index (χ1n) is 12.7. The molecular weight excluding hydrogens is 512 g/mol. The van der Waals surface area contributed by atoms with Gasteiger partial charge in [0.05, 0.1) is 11.6 Å². The van der Waals surface area contributed by atoms with Gasteiger partial charge in [-0.3, -0.25) is 9.89 Å². The van der Waals surface area contributed by atoms with Gasteiger partial charge >= 0.3 is 6.09 Å². The van der Waals surface area contributed by atoms with E-state index in [9.17, 15) is 9.59 Å². The number of rotatable bonds is 6. The van der Waals surface area contributed by atoms with Gasteiger partial charge in [-0.15, -0.1) is 0 Å². The summed E-state index contributed by atoms with van der Waals surface area (Å²) in [7, 11) is 0. The van der Waals surface area contributed by atoms with Gasteiger partial charge in [0.15, 0.2) is 11.5 Å². The molecule has 40 heavy (non-hydrogen) atoms. The Morgan fingerprint density at radius 1 is 1.12 bits per heavy atom. The molecule has 1 saturated heterocycles. The van der Waals surface area contributed by atoms with E-state index >= 15 is 0 Å². The quantitative estimate of drug-likeness (QED) is 0.315. The molecule has 12 heteroatoms. The number of nitrogens with zero attached hydrogens (tertiary/aromatic N) is 5. The molecule has 0 spiro atoms. The molecule has 0 unspecified atom stereocenters. The normalized spacial score (nSPS) is 14.9. The fourth-order valence-corrected chi connectivity index (χ4v) is 4.23. The Morgan fingerprint density at radius 3 is 2.65 bits per heavy atom. The van der Waals surface area contributed by atoms with E-state index in [1.807, 2.05) is 26.8 Å². The van der Waals surface area contributed by atoms with Gasteiger partial charge in [0.2, 0.25) is 0 Å². The van der Waals surface area contributed by atoms with Crippen LogP contribution in [0.2, 0.25) is 0 Å². The van der Waals surface area contributed by atoms with E-state index in [4.69, 9.17) is 14.7 Å². The van der Waals surface area contributed by atoms with Crippen molar-refractivity contribution in [1.82, 2.24) is 25.1 Å². The number of fused-ring (bicyclic) bond motifs is 1. The van der Waals surface area contributed by atoms with E-state index in [1.54, 1.807) is 47.5 Å². The topological polar surface area (TPSA) is 158 Å². The highest BCUT2D eigenvalue weighted by Crippen LogP contribution is 2.33. The summed E-state index contributed by atoms with van der Waals surface area (Å²) in [5, 5.41) is 23.1. The summed E-state index contributed by atoms with van der Waals surface area (Å²) in [6.07, 6.45) is 3.48. The van der Waals surface area contributed by atoms with Crippen molar-refractivity contribution in [2.24, 2.45) is 0 Å². The standard InChI is InChI=1S/C28H28N8O4/c1-28(2,3)40-27(38)36-13-10-19(16-36)32-25-23-21(9-12-31-24(23)34-35-25)39-20-6-4-18(5-7-20)26(37)33-22-14-17(15-29)8-11-30-22/h4-9,11-12,14,19H,10,13,16H2,1-3H3,(H,30,33,37)(H2,31,32,34,35)/t19-/m1/s1. The Hall–Kier alpha value is -5.18. The number of pyridine rings is 2. The van der Waals surface area contributed by atoms with Crippen molar-refractivity contribution < 1.29 is 19.1 Å². The van der Waals surface area contributed by atoms with Crippen molar-refractivity contribution >= 4 is 34.7 Å². The number of H-pyrrole nitrogens is 1. The lowest BCUT2D eigenvalue weighted by Crippen LogP contribution is -2.36. The third kappa shape index (κ3) is 6.10. The number of carbonyl (C=O) groups is 2. The van der Waals surface area contributed by atoms with Crippen LogP contribution in [0.4, 0.5) is 16.4 Å². The lowest BCUT2D eigenvalue weighted by Gasteiger charge is -2.24. The Balaban J connectivity index is 1.26. The number of hydrogen-bond donors (Lipinski definition) is 3. The third-order valence-electron chi connectivity index (χ3n) is 6.08. The molecule has 1 fully saturated rings. The van der Waals surface area contributed by atoms with E-state index in [0.717, 1.165) is 6.42 Å². The first kappa shape index (κ1) is 26.4. The molecule has 0 bridgehead atoms. The van der Waals surface area contributed by atoms with Crippen LogP contribution in [0.5, 0.6) is 11.5 Å². The molecule has 4 aromatic rings. The maximum Gasteiger partial charge on any atom is 0.410 e. The summed E-state index contributed by atoms with van der Waals surface area (Å²) < 4.78 is 11.6. The number of anilines is 2. The largest absolute Gasteiger partial charge is 0.456 e. The van der Waals surface area contributed by atoms with Gasteiger partial charge in [0, 0.05) is 43.2 Å². The molecule has 1 aliphatic heterocycles. The average molecular weight is 541 g/mol. The van der Waals surface area contributed by atoms with E-state index in [1.165, 1.54) is 12.3 Å². The zero-order valence-electron chi connectivity index (χ0n) is 22.3. The number of amides is 2. The first-order valence-corrected chi connectivity index (χ1v) is 12.7. The fraction of sp³-hybridized carbons (Fsp3) is 0.286. The number of aromatic amines is 1. The van der Waals surface area contributed by atoms with Crippen molar-refractivity contribution in [3.8, 4) is 17.6 Å². The van der Waals surface area contributed by atoms with Gasteiger partial charge in [0.25, 0.3) is 5.91 Å². The maximum absolute atomic E-state index is 12.6. The molecule has 0 radical (unpaired) electrons. The smallest absolute Gasteiger partial charge is 0.410 e. The molecule has 0 saturated carbocycles. The number of benzene rings is 1. The fourth-order valence-electron chi connectivity index (χ4n) is 4.23. The van der Waals surface area contributed by atoms with E-state index in [-0.39, 0.29) is 18.0 Å². The molecule has 3 aromatic heterocycles. The average Bonchev–Trinajstić information content (AvgIpc) is 3.56. The number of likely N-dealkylation sites (tertiary alicyclic amines) is 1. The van der Waals surface area contributed by atoms with Gasteiger partial charge in [0.1, 0.15) is 28.3 Å². The molecule has 1 aliphatic rings. The van der Waals surface area contributed by atoms with Gasteiger partial charge < -0.3 is 25.0 Å². The molecule has 204 valence electrons. The van der Waals surface area contributed by atoms with Crippen molar-refractivity contribution in [1.29, 1.82) is 5.26 Å². The predicted molar refractivity (Wildman–Crippen MR) is 147 cm³/mol. The minimum absolute atomic E-state index is 0.0202. The molecule has 1 aromatic carbocycles. The zero-order valence-corrected chi connectivity index (χ0v) is 22.3. The second-order valence-electron chi connectivity index (χ2n) is 10.3. The van der Waals surface area contributed by atoms with Crippen LogP contribution in [-0.4, -0.2) is 61.8 Å². The van der Waals surface area contributed by atoms with Crippen LogP contribution in [-0.2, 0) is 4.74 Å². The van der Waals surface area contributed by atoms with Gasteiger partial charge in [-0.25, -0.2) is 14.8 Å². The minimum Gasteiger partial charge on any atom is -0.456 e. The number of aromatic nitrogens is 4. The van der Waals surface area contributed by atoms with Gasteiger partial charge in [-0.1, -0.05) is 0 Å². The van der Waals surface area contributed by atoms with Gasteiger partial charge in [-0.2, -0.15) is 10.4 Å². The molecule has 1 atom stereocenters. The second-order valence-corrected chi connectivity index (χ2v) is 10.3. The summed E-state index contributed by atoms with van der Waals surface area (Å²) >= 11 is 0. The minimum atomic E-state index is -0.553. The Labute approximate surface area is 230 Å². The molecule has 4 heterocycles. The first-order chi connectivity index (χ1) is 19.2. The third-order valence-corrected chi connectivity index (χ3v) is 6.08. The second kappa shape index (κ2) is 10.9. The number of nitrogens with one attached hydrogen (secondary N) is 3. The molecule has 12 nitrogen and oxygen atoms in total. The summed E-state index contributed by atoms with van der Waals surface area (Å²) in [6, 6.07) is 13.4. The number of ether oxygens (including phenoxy) is 2. The molecule has 2 amide bonds.